The molecule has 3 aromatic carbocycles. The Morgan fingerprint density at radius 1 is 0.865 bits per heavy atom. The van der Waals surface area contributed by atoms with Crippen LogP contribution >= 0.6 is 0 Å². The minimum atomic E-state index is -4.98. The van der Waals surface area contributed by atoms with Gasteiger partial charge in [-0.15, -0.1) is 0 Å². The summed E-state index contributed by atoms with van der Waals surface area (Å²) < 4.78 is 84.5. The molecule has 0 aliphatic heterocycles. The Morgan fingerprint density at radius 3 is 2.08 bits per heavy atom. The topological polar surface area (TPSA) is 51.2 Å². The molecule has 1 aromatic heterocycles. The molecule has 0 bridgehead atoms. The van der Waals surface area contributed by atoms with E-state index in [0.29, 0.717) is 46.6 Å². The number of hydrogen-bond donors (Lipinski definition) is 1. The summed E-state index contributed by atoms with van der Waals surface area (Å²) >= 11 is 0. The predicted molar refractivity (Wildman–Crippen MR) is 126 cm³/mol. The summed E-state index contributed by atoms with van der Waals surface area (Å²) in [5.41, 5.74) is -1.39. The summed E-state index contributed by atoms with van der Waals surface area (Å²) in [7, 11) is 0. The number of rotatable bonds is 6. The van der Waals surface area contributed by atoms with Gasteiger partial charge in [-0.25, -0.2) is 4.98 Å². The maximum atomic E-state index is 13.2. The van der Waals surface area contributed by atoms with E-state index in [1.165, 1.54) is 6.07 Å². The number of carbonyl (C=O) groups is 1. The SMILES string of the molecule is CCOc1ccc(-c2cc(C(=O)NCc3cc(C(F)(F)F)cc(C(F)(F)F)c3)c3ccccc3n2)cc1. The van der Waals surface area contributed by atoms with Gasteiger partial charge in [-0.1, -0.05) is 18.2 Å². The molecular formula is C27H20F6N2O2. The summed E-state index contributed by atoms with van der Waals surface area (Å²) in [6.07, 6.45) is -9.96. The van der Waals surface area contributed by atoms with Crippen LogP contribution in [0.5, 0.6) is 5.75 Å². The first-order valence-corrected chi connectivity index (χ1v) is 11.2. The van der Waals surface area contributed by atoms with Crippen LogP contribution < -0.4 is 10.1 Å². The highest BCUT2D eigenvalue weighted by Crippen LogP contribution is 2.36. The van der Waals surface area contributed by atoms with Gasteiger partial charge in [0.25, 0.3) is 5.91 Å². The summed E-state index contributed by atoms with van der Waals surface area (Å²) in [5, 5.41) is 2.93. The van der Waals surface area contributed by atoms with Crippen molar-refractivity contribution in [2.45, 2.75) is 25.8 Å². The molecule has 0 saturated carbocycles. The molecule has 0 unspecified atom stereocenters. The van der Waals surface area contributed by atoms with Crippen molar-refractivity contribution in [3.63, 3.8) is 0 Å². The zero-order valence-electron chi connectivity index (χ0n) is 19.4. The molecule has 1 heterocycles. The predicted octanol–water partition coefficient (Wildman–Crippen LogP) is 7.27. The molecule has 1 N–H and O–H groups in total. The minimum Gasteiger partial charge on any atom is -0.494 e. The van der Waals surface area contributed by atoms with E-state index in [-0.39, 0.29) is 17.2 Å². The molecule has 192 valence electrons. The standard InChI is InChI=1S/C27H20F6N2O2/c1-2-37-20-9-7-17(8-10-20)24-14-22(21-5-3-4-6-23(21)35-24)25(36)34-15-16-11-18(26(28,29)30)13-19(12-16)27(31,32)33/h3-14H,2,15H2,1H3,(H,34,36). The molecule has 0 spiro atoms. The lowest BCUT2D eigenvalue weighted by molar-refractivity contribution is -0.143. The third-order valence-corrected chi connectivity index (χ3v) is 5.52. The second-order valence-corrected chi connectivity index (χ2v) is 8.13. The van der Waals surface area contributed by atoms with Crippen molar-refractivity contribution in [3.8, 4) is 17.0 Å². The van der Waals surface area contributed by atoms with E-state index in [1.54, 1.807) is 48.5 Å². The lowest BCUT2D eigenvalue weighted by Crippen LogP contribution is -2.24. The van der Waals surface area contributed by atoms with Crippen molar-refractivity contribution < 1.29 is 35.9 Å². The van der Waals surface area contributed by atoms with Gasteiger partial charge in [0, 0.05) is 17.5 Å². The molecule has 0 fully saturated rings. The number of benzene rings is 3. The van der Waals surface area contributed by atoms with Gasteiger partial charge in [0.15, 0.2) is 0 Å². The van der Waals surface area contributed by atoms with Crippen LogP contribution in [0.4, 0.5) is 26.3 Å². The fraction of sp³-hybridized carbons (Fsp3) is 0.185. The number of hydrogen-bond acceptors (Lipinski definition) is 3. The molecular weight excluding hydrogens is 498 g/mol. The quantitative estimate of drug-likeness (QED) is 0.273. The average molecular weight is 518 g/mol. The summed E-state index contributed by atoms with van der Waals surface area (Å²) in [6.45, 7) is 1.81. The summed E-state index contributed by atoms with van der Waals surface area (Å²) in [6, 6.07) is 16.6. The smallest absolute Gasteiger partial charge is 0.416 e. The van der Waals surface area contributed by atoms with Gasteiger partial charge in [0.05, 0.1) is 34.5 Å². The van der Waals surface area contributed by atoms with Gasteiger partial charge in [0.2, 0.25) is 0 Å². The third-order valence-electron chi connectivity index (χ3n) is 5.52. The van der Waals surface area contributed by atoms with Gasteiger partial charge in [-0.2, -0.15) is 26.3 Å². The lowest BCUT2D eigenvalue weighted by atomic mass is 10.0. The molecule has 4 aromatic rings. The van der Waals surface area contributed by atoms with E-state index in [4.69, 9.17) is 4.74 Å². The summed E-state index contributed by atoms with van der Waals surface area (Å²) in [4.78, 5) is 17.7. The van der Waals surface area contributed by atoms with Crippen molar-refractivity contribution in [2.24, 2.45) is 0 Å². The van der Waals surface area contributed by atoms with E-state index in [0.717, 1.165) is 0 Å². The molecule has 0 saturated heterocycles. The molecule has 0 aliphatic carbocycles. The van der Waals surface area contributed by atoms with Crippen molar-refractivity contribution in [3.05, 3.63) is 95.1 Å². The van der Waals surface area contributed by atoms with Crippen molar-refractivity contribution in [1.29, 1.82) is 0 Å². The molecule has 10 heteroatoms. The number of fused-ring (bicyclic) bond motifs is 1. The summed E-state index contributed by atoms with van der Waals surface area (Å²) in [5.74, 6) is -0.0129. The van der Waals surface area contributed by atoms with Gasteiger partial charge in [-0.3, -0.25) is 4.79 Å². The minimum absolute atomic E-state index is 0.0464. The second-order valence-electron chi connectivity index (χ2n) is 8.13. The highest BCUT2D eigenvalue weighted by Gasteiger charge is 2.36. The zero-order chi connectivity index (χ0) is 26.8. The Bertz CT molecular complexity index is 1400. The zero-order valence-corrected chi connectivity index (χ0v) is 19.4. The van der Waals surface area contributed by atoms with E-state index < -0.39 is 35.9 Å². The molecule has 0 aliphatic rings. The van der Waals surface area contributed by atoms with Crippen LogP contribution in [0.25, 0.3) is 22.2 Å². The first-order chi connectivity index (χ1) is 17.5. The van der Waals surface area contributed by atoms with E-state index in [9.17, 15) is 31.1 Å². The van der Waals surface area contributed by atoms with Crippen molar-refractivity contribution in [1.82, 2.24) is 10.3 Å². The number of para-hydroxylation sites is 1. The van der Waals surface area contributed by atoms with E-state index in [1.807, 2.05) is 6.92 Å². The molecule has 1 amide bonds. The normalized spacial score (nSPS) is 12.0. The Balaban J connectivity index is 1.67. The third kappa shape index (κ3) is 6.02. The van der Waals surface area contributed by atoms with E-state index in [2.05, 4.69) is 10.3 Å². The van der Waals surface area contributed by atoms with Crippen LogP contribution in [-0.4, -0.2) is 17.5 Å². The number of amides is 1. The van der Waals surface area contributed by atoms with Gasteiger partial charge in [0.1, 0.15) is 5.75 Å². The Morgan fingerprint density at radius 2 is 1.49 bits per heavy atom. The van der Waals surface area contributed by atoms with E-state index >= 15 is 0 Å². The highest BCUT2D eigenvalue weighted by molar-refractivity contribution is 6.07. The van der Waals surface area contributed by atoms with Crippen LogP contribution in [0.3, 0.4) is 0 Å². The van der Waals surface area contributed by atoms with Crippen LogP contribution in [0.2, 0.25) is 0 Å². The highest BCUT2D eigenvalue weighted by atomic mass is 19.4. The first kappa shape index (κ1) is 26.0. The van der Waals surface area contributed by atoms with Crippen LogP contribution in [0.1, 0.15) is 34.0 Å². The van der Waals surface area contributed by atoms with Crippen LogP contribution in [0, 0.1) is 0 Å². The van der Waals surface area contributed by atoms with Crippen LogP contribution in [-0.2, 0) is 18.9 Å². The van der Waals surface area contributed by atoms with Gasteiger partial charge in [-0.05, 0) is 67.1 Å². The number of nitrogens with one attached hydrogen (secondary N) is 1. The Labute approximate surface area is 207 Å². The Hall–Kier alpha value is -4.08. The fourth-order valence-electron chi connectivity index (χ4n) is 3.80. The number of pyridine rings is 1. The number of halogens is 6. The number of alkyl halides is 6. The number of ether oxygens (including phenoxy) is 1. The number of nitrogens with zero attached hydrogens (tertiary/aromatic N) is 1. The number of aromatic nitrogens is 1. The van der Waals surface area contributed by atoms with Gasteiger partial charge < -0.3 is 10.1 Å². The monoisotopic (exact) mass is 518 g/mol. The lowest BCUT2D eigenvalue weighted by Gasteiger charge is -2.15. The molecule has 0 radical (unpaired) electrons. The van der Waals surface area contributed by atoms with Crippen LogP contribution in [0.15, 0.2) is 72.8 Å². The maximum absolute atomic E-state index is 13.2. The second kappa shape index (κ2) is 10.1. The largest absolute Gasteiger partial charge is 0.494 e. The Kier molecular flexibility index (Phi) is 7.11. The average Bonchev–Trinajstić information content (AvgIpc) is 2.86. The van der Waals surface area contributed by atoms with Crippen molar-refractivity contribution >= 4 is 16.8 Å². The number of carbonyl (C=O) groups excluding carboxylic acids is 1. The van der Waals surface area contributed by atoms with Crippen molar-refractivity contribution in [2.75, 3.05) is 6.61 Å². The molecule has 4 rings (SSSR count). The fourth-order valence-corrected chi connectivity index (χ4v) is 3.80. The first-order valence-electron chi connectivity index (χ1n) is 11.2. The molecule has 0 atom stereocenters. The molecule has 37 heavy (non-hydrogen) atoms. The molecule has 4 nitrogen and oxygen atoms in total. The van der Waals surface area contributed by atoms with Gasteiger partial charge >= 0.3 is 12.4 Å². The maximum Gasteiger partial charge on any atom is 0.416 e.